The first-order chi connectivity index (χ1) is 7.48. The van der Waals surface area contributed by atoms with Gasteiger partial charge in [0.1, 0.15) is 12.2 Å². The van der Waals surface area contributed by atoms with Crippen molar-refractivity contribution in [2.75, 3.05) is 7.11 Å². The standard InChI is InChI=1S/C11H16O5/c1-10(2)14-7-8(15-10)11(5-4-6(11)12)16-9(7)13-3/h7-9H,4-5H2,1-3H3/t7-,8+,9?,11+/m0/s1. The van der Waals surface area contributed by atoms with Crippen LogP contribution in [0.5, 0.6) is 0 Å². The number of ketones is 1. The summed E-state index contributed by atoms with van der Waals surface area (Å²) in [5.41, 5.74) is -0.806. The van der Waals surface area contributed by atoms with Crippen molar-refractivity contribution in [3.8, 4) is 0 Å². The number of Topliss-reactive ketones (excluding diaryl/α,β-unsaturated/α-hetero) is 1. The van der Waals surface area contributed by atoms with Crippen LogP contribution in [-0.2, 0) is 23.7 Å². The van der Waals surface area contributed by atoms with E-state index in [0.29, 0.717) is 12.8 Å². The molecule has 3 aliphatic rings. The van der Waals surface area contributed by atoms with Crippen LogP contribution in [0.15, 0.2) is 0 Å². The molecule has 1 aliphatic carbocycles. The SMILES string of the molecule is COC1O[C@@]2(CCC2=O)[C@@H]2OC(C)(C)O[C@H]12. The molecule has 0 aromatic carbocycles. The van der Waals surface area contributed by atoms with Crippen LogP contribution < -0.4 is 0 Å². The quantitative estimate of drug-likeness (QED) is 0.658. The van der Waals surface area contributed by atoms with Gasteiger partial charge in [-0.1, -0.05) is 0 Å². The molecule has 0 radical (unpaired) electrons. The third-order valence-corrected chi connectivity index (χ3v) is 3.61. The lowest BCUT2D eigenvalue weighted by molar-refractivity contribution is -0.254. The molecule has 0 amide bonds. The topological polar surface area (TPSA) is 54.0 Å². The Hall–Kier alpha value is -0.490. The summed E-state index contributed by atoms with van der Waals surface area (Å²) < 4.78 is 22.4. The lowest BCUT2D eigenvalue weighted by atomic mass is 9.74. The number of carbonyl (C=O) groups is 1. The van der Waals surface area contributed by atoms with Crippen LogP contribution in [0.3, 0.4) is 0 Å². The third kappa shape index (κ3) is 1.17. The Morgan fingerprint density at radius 1 is 1.31 bits per heavy atom. The summed E-state index contributed by atoms with van der Waals surface area (Å²) in [4.78, 5) is 11.8. The van der Waals surface area contributed by atoms with Gasteiger partial charge in [-0.15, -0.1) is 0 Å². The molecule has 3 rings (SSSR count). The van der Waals surface area contributed by atoms with Gasteiger partial charge in [0.25, 0.3) is 0 Å². The number of methoxy groups -OCH3 is 1. The number of ether oxygens (including phenoxy) is 4. The Morgan fingerprint density at radius 3 is 2.56 bits per heavy atom. The molecule has 16 heavy (non-hydrogen) atoms. The number of hydrogen-bond donors (Lipinski definition) is 0. The molecule has 2 heterocycles. The molecule has 5 heteroatoms. The van der Waals surface area contributed by atoms with Crippen LogP contribution >= 0.6 is 0 Å². The van der Waals surface area contributed by atoms with Gasteiger partial charge in [-0.2, -0.15) is 0 Å². The minimum atomic E-state index is -0.806. The van der Waals surface area contributed by atoms with Gasteiger partial charge in [-0.3, -0.25) is 4.79 Å². The fourth-order valence-corrected chi connectivity index (χ4v) is 2.77. The highest BCUT2D eigenvalue weighted by molar-refractivity contribution is 5.94. The molecule has 1 spiro atoms. The first-order valence-corrected chi connectivity index (χ1v) is 5.58. The lowest BCUT2D eigenvalue weighted by Gasteiger charge is -2.39. The van der Waals surface area contributed by atoms with Crippen molar-refractivity contribution in [1.29, 1.82) is 0 Å². The van der Waals surface area contributed by atoms with Crippen LogP contribution in [0.1, 0.15) is 26.7 Å². The minimum Gasteiger partial charge on any atom is -0.353 e. The molecular formula is C11H16O5. The van der Waals surface area contributed by atoms with Crippen molar-refractivity contribution in [3.05, 3.63) is 0 Å². The molecular weight excluding hydrogens is 212 g/mol. The molecule has 90 valence electrons. The van der Waals surface area contributed by atoms with Crippen LogP contribution in [-0.4, -0.2) is 42.8 Å². The first-order valence-electron chi connectivity index (χ1n) is 5.58. The second-order valence-electron chi connectivity index (χ2n) is 5.06. The van der Waals surface area contributed by atoms with Crippen LogP contribution in [0, 0.1) is 0 Å². The van der Waals surface area contributed by atoms with Crippen molar-refractivity contribution in [3.63, 3.8) is 0 Å². The van der Waals surface area contributed by atoms with Gasteiger partial charge in [0.2, 0.25) is 0 Å². The fraction of sp³-hybridized carbons (Fsp3) is 0.909. The Kier molecular flexibility index (Phi) is 2.02. The molecule has 2 aliphatic heterocycles. The second kappa shape index (κ2) is 3.04. The van der Waals surface area contributed by atoms with Crippen LogP contribution in [0.4, 0.5) is 0 Å². The molecule has 5 nitrogen and oxygen atoms in total. The molecule has 0 N–H and O–H groups in total. The van der Waals surface area contributed by atoms with Gasteiger partial charge in [0.05, 0.1) is 0 Å². The summed E-state index contributed by atoms with van der Waals surface area (Å²) in [6.45, 7) is 3.68. The van der Waals surface area contributed by atoms with Crippen molar-refractivity contribution < 1.29 is 23.7 Å². The van der Waals surface area contributed by atoms with Gasteiger partial charge >= 0.3 is 0 Å². The van der Waals surface area contributed by atoms with Crippen LogP contribution in [0.25, 0.3) is 0 Å². The van der Waals surface area contributed by atoms with E-state index in [1.807, 2.05) is 13.8 Å². The van der Waals surface area contributed by atoms with Gasteiger partial charge in [0.15, 0.2) is 23.5 Å². The molecule has 0 aromatic heterocycles. The molecule has 4 atom stereocenters. The van der Waals surface area contributed by atoms with E-state index in [-0.39, 0.29) is 18.0 Å². The van der Waals surface area contributed by atoms with E-state index >= 15 is 0 Å². The Labute approximate surface area is 94.0 Å². The predicted octanol–water partition coefficient (Wildman–Crippen LogP) is 0.611. The van der Waals surface area contributed by atoms with Crippen molar-refractivity contribution in [2.45, 2.75) is 56.6 Å². The van der Waals surface area contributed by atoms with Gasteiger partial charge < -0.3 is 18.9 Å². The van der Waals surface area contributed by atoms with Gasteiger partial charge in [-0.05, 0) is 20.3 Å². The highest BCUT2D eigenvalue weighted by atomic mass is 16.8. The molecule has 0 bridgehead atoms. The average molecular weight is 228 g/mol. The van der Waals surface area contributed by atoms with E-state index < -0.39 is 17.7 Å². The van der Waals surface area contributed by atoms with E-state index in [0.717, 1.165) is 0 Å². The van der Waals surface area contributed by atoms with Crippen molar-refractivity contribution in [1.82, 2.24) is 0 Å². The number of rotatable bonds is 1. The monoisotopic (exact) mass is 228 g/mol. The molecule has 1 unspecified atom stereocenters. The maximum atomic E-state index is 11.8. The molecule has 0 aromatic rings. The van der Waals surface area contributed by atoms with E-state index in [1.165, 1.54) is 0 Å². The van der Waals surface area contributed by atoms with E-state index in [2.05, 4.69) is 0 Å². The summed E-state index contributed by atoms with van der Waals surface area (Å²) in [5.74, 6) is -0.568. The van der Waals surface area contributed by atoms with E-state index in [4.69, 9.17) is 18.9 Å². The predicted molar refractivity (Wildman–Crippen MR) is 52.7 cm³/mol. The summed E-state index contributed by atoms with van der Waals surface area (Å²) in [6, 6.07) is 0. The molecule has 1 saturated carbocycles. The summed E-state index contributed by atoms with van der Waals surface area (Å²) >= 11 is 0. The maximum Gasteiger partial charge on any atom is 0.187 e. The first kappa shape index (κ1) is 10.7. The largest absolute Gasteiger partial charge is 0.353 e. The average Bonchev–Trinajstić information content (AvgIpc) is 2.68. The normalized spacial score (nSPS) is 49.4. The molecule has 2 saturated heterocycles. The summed E-state index contributed by atoms with van der Waals surface area (Å²) in [7, 11) is 1.55. The Balaban J connectivity index is 1.92. The van der Waals surface area contributed by atoms with Crippen molar-refractivity contribution >= 4 is 5.78 Å². The van der Waals surface area contributed by atoms with E-state index in [9.17, 15) is 4.79 Å². The smallest absolute Gasteiger partial charge is 0.187 e. The van der Waals surface area contributed by atoms with Crippen LogP contribution in [0.2, 0.25) is 0 Å². The zero-order chi connectivity index (χ0) is 11.6. The van der Waals surface area contributed by atoms with E-state index in [1.54, 1.807) is 7.11 Å². The third-order valence-electron chi connectivity index (χ3n) is 3.61. The number of fused-ring (bicyclic) bond motifs is 2. The summed E-state index contributed by atoms with van der Waals surface area (Å²) in [6.07, 6.45) is 0.129. The maximum absolute atomic E-state index is 11.8. The number of hydrogen-bond acceptors (Lipinski definition) is 5. The Bertz CT molecular complexity index is 339. The Morgan fingerprint density at radius 2 is 2.06 bits per heavy atom. The second-order valence-corrected chi connectivity index (χ2v) is 5.06. The lowest BCUT2D eigenvalue weighted by Crippen LogP contribution is -2.56. The molecule has 3 fully saturated rings. The van der Waals surface area contributed by atoms with Gasteiger partial charge in [-0.25, -0.2) is 0 Å². The highest BCUT2D eigenvalue weighted by Crippen LogP contribution is 2.51. The fourth-order valence-electron chi connectivity index (χ4n) is 2.77. The van der Waals surface area contributed by atoms with Gasteiger partial charge in [0, 0.05) is 13.5 Å². The zero-order valence-electron chi connectivity index (χ0n) is 9.69. The summed E-state index contributed by atoms with van der Waals surface area (Å²) in [5, 5.41) is 0. The highest BCUT2D eigenvalue weighted by Gasteiger charge is 2.69. The van der Waals surface area contributed by atoms with Crippen molar-refractivity contribution in [2.24, 2.45) is 0 Å². The zero-order valence-corrected chi connectivity index (χ0v) is 9.69. The number of carbonyl (C=O) groups excluding carboxylic acids is 1. The minimum absolute atomic E-state index is 0.100.